The maximum absolute atomic E-state index is 12.8. The molecule has 0 unspecified atom stereocenters. The Balaban J connectivity index is 1.32. The van der Waals surface area contributed by atoms with E-state index in [9.17, 15) is 4.79 Å². The van der Waals surface area contributed by atoms with Gasteiger partial charge in [0.15, 0.2) is 0 Å². The molecule has 8 nitrogen and oxygen atoms in total. The van der Waals surface area contributed by atoms with E-state index >= 15 is 0 Å². The van der Waals surface area contributed by atoms with E-state index < -0.39 is 0 Å². The summed E-state index contributed by atoms with van der Waals surface area (Å²) >= 11 is 0. The van der Waals surface area contributed by atoms with Crippen LogP contribution < -0.4 is 15.2 Å². The smallest absolute Gasteiger partial charge is 0.257 e. The van der Waals surface area contributed by atoms with Gasteiger partial charge < -0.3 is 9.64 Å². The summed E-state index contributed by atoms with van der Waals surface area (Å²) in [4.78, 5) is 25.1. The number of ether oxygens (including phenoxy) is 1. The van der Waals surface area contributed by atoms with Crippen LogP contribution in [0.2, 0.25) is 0 Å². The third kappa shape index (κ3) is 4.20. The second-order valence-electron chi connectivity index (χ2n) is 8.32. The molecule has 0 atom stereocenters. The number of aromatic nitrogens is 4. The number of hydrogen-bond donors (Lipinski definition) is 1. The Morgan fingerprint density at radius 1 is 1.16 bits per heavy atom. The largest absolute Gasteiger partial charge is 0.496 e. The van der Waals surface area contributed by atoms with E-state index in [0.717, 1.165) is 61.1 Å². The molecular weight excluding hydrogens is 392 g/mol. The number of rotatable bonds is 6. The van der Waals surface area contributed by atoms with E-state index in [0.29, 0.717) is 13.1 Å². The van der Waals surface area contributed by atoms with Gasteiger partial charge in [-0.3, -0.25) is 19.4 Å². The van der Waals surface area contributed by atoms with Gasteiger partial charge in [-0.2, -0.15) is 5.10 Å². The van der Waals surface area contributed by atoms with Crippen LogP contribution in [0.1, 0.15) is 35.2 Å². The zero-order valence-electron chi connectivity index (χ0n) is 17.9. The highest BCUT2D eigenvalue weighted by atomic mass is 16.5. The Labute approximate surface area is 181 Å². The third-order valence-corrected chi connectivity index (χ3v) is 6.18. The number of nitrogens with one attached hydrogen (secondary N) is 1. The van der Waals surface area contributed by atoms with Crippen molar-refractivity contribution < 1.29 is 4.74 Å². The summed E-state index contributed by atoms with van der Waals surface area (Å²) in [5.41, 5.74) is 4.06. The fourth-order valence-corrected chi connectivity index (χ4v) is 4.56. The molecule has 0 spiro atoms. The second-order valence-corrected chi connectivity index (χ2v) is 8.32. The van der Waals surface area contributed by atoms with Crippen molar-refractivity contribution in [1.82, 2.24) is 24.6 Å². The maximum Gasteiger partial charge on any atom is 0.257 e. The zero-order valence-corrected chi connectivity index (χ0v) is 17.9. The van der Waals surface area contributed by atoms with Crippen LogP contribution in [0.5, 0.6) is 5.75 Å². The predicted octanol–water partition coefficient (Wildman–Crippen LogP) is 2.18. The second kappa shape index (κ2) is 8.55. The molecule has 0 bridgehead atoms. The molecule has 1 aromatic carbocycles. The van der Waals surface area contributed by atoms with Crippen molar-refractivity contribution in [3.05, 3.63) is 69.4 Å². The number of H-pyrrole nitrogens is 1. The van der Waals surface area contributed by atoms with Gasteiger partial charge in [-0.25, -0.2) is 4.98 Å². The first-order valence-electron chi connectivity index (χ1n) is 10.9. The van der Waals surface area contributed by atoms with E-state index in [-0.39, 0.29) is 5.56 Å². The van der Waals surface area contributed by atoms with Gasteiger partial charge in [-0.05, 0) is 36.6 Å². The number of anilines is 1. The highest BCUT2D eigenvalue weighted by Crippen LogP contribution is 2.24. The van der Waals surface area contributed by atoms with Crippen LogP contribution in [0.15, 0.2) is 41.5 Å². The van der Waals surface area contributed by atoms with Crippen LogP contribution in [-0.4, -0.2) is 51.4 Å². The molecule has 2 aromatic heterocycles. The van der Waals surface area contributed by atoms with E-state index in [2.05, 4.69) is 32.0 Å². The lowest BCUT2D eigenvalue weighted by Crippen LogP contribution is -2.36. The van der Waals surface area contributed by atoms with Gasteiger partial charge in [-0.1, -0.05) is 6.07 Å². The summed E-state index contributed by atoms with van der Waals surface area (Å²) in [7, 11) is 1.69. The molecule has 4 heterocycles. The van der Waals surface area contributed by atoms with Gasteiger partial charge in [0.2, 0.25) is 5.95 Å². The van der Waals surface area contributed by atoms with Crippen molar-refractivity contribution in [2.45, 2.75) is 38.9 Å². The van der Waals surface area contributed by atoms with Crippen LogP contribution in [0, 0.1) is 0 Å². The Morgan fingerprint density at radius 3 is 2.81 bits per heavy atom. The molecule has 8 heteroatoms. The van der Waals surface area contributed by atoms with Crippen molar-refractivity contribution in [2.24, 2.45) is 0 Å². The number of fused-ring (bicyclic) bond motifs is 1. The summed E-state index contributed by atoms with van der Waals surface area (Å²) in [6, 6.07) is 8.21. The molecule has 0 amide bonds. The van der Waals surface area contributed by atoms with E-state index in [1.165, 1.54) is 18.4 Å². The van der Waals surface area contributed by atoms with Crippen molar-refractivity contribution in [3.8, 4) is 5.75 Å². The molecule has 3 aromatic rings. The highest BCUT2D eigenvalue weighted by molar-refractivity contribution is 5.38. The number of hydrogen-bond acceptors (Lipinski definition) is 6. The molecule has 2 aliphatic rings. The van der Waals surface area contributed by atoms with Gasteiger partial charge in [0.05, 0.1) is 24.9 Å². The molecule has 2 aliphatic heterocycles. The average molecular weight is 421 g/mol. The molecule has 1 N–H and O–H groups in total. The molecular formula is C23H28N6O2. The fraction of sp³-hybridized carbons (Fsp3) is 0.435. The molecule has 1 fully saturated rings. The lowest BCUT2D eigenvalue weighted by molar-refractivity contribution is 0.241. The molecule has 0 aliphatic carbocycles. The molecule has 1 saturated heterocycles. The van der Waals surface area contributed by atoms with Crippen molar-refractivity contribution in [2.75, 3.05) is 31.6 Å². The topological polar surface area (TPSA) is 79.3 Å². The van der Waals surface area contributed by atoms with Gasteiger partial charge in [-0.15, -0.1) is 0 Å². The molecule has 0 saturated carbocycles. The van der Waals surface area contributed by atoms with Crippen LogP contribution in [0.25, 0.3) is 0 Å². The Morgan fingerprint density at radius 2 is 2.03 bits per heavy atom. The van der Waals surface area contributed by atoms with Crippen LogP contribution in [0.3, 0.4) is 0 Å². The Hall–Kier alpha value is -3.13. The van der Waals surface area contributed by atoms with Crippen LogP contribution in [0.4, 0.5) is 5.95 Å². The number of nitrogens with zero attached hydrogens (tertiary/aromatic N) is 5. The van der Waals surface area contributed by atoms with Crippen molar-refractivity contribution >= 4 is 5.95 Å². The quantitative estimate of drug-likeness (QED) is 0.659. The monoisotopic (exact) mass is 420 g/mol. The summed E-state index contributed by atoms with van der Waals surface area (Å²) < 4.78 is 7.43. The molecule has 5 rings (SSSR count). The van der Waals surface area contributed by atoms with Crippen molar-refractivity contribution in [3.63, 3.8) is 0 Å². The van der Waals surface area contributed by atoms with Gasteiger partial charge in [0.25, 0.3) is 5.56 Å². The minimum Gasteiger partial charge on any atom is -0.496 e. The Kier molecular flexibility index (Phi) is 5.46. The normalized spacial score (nSPS) is 16.5. The highest BCUT2D eigenvalue weighted by Gasteiger charge is 2.23. The summed E-state index contributed by atoms with van der Waals surface area (Å²) in [6.45, 7) is 4.92. The zero-order chi connectivity index (χ0) is 21.2. The maximum atomic E-state index is 12.8. The first-order chi connectivity index (χ1) is 15.2. The third-order valence-electron chi connectivity index (χ3n) is 6.18. The minimum absolute atomic E-state index is 0.00528. The first kappa shape index (κ1) is 19.8. The minimum atomic E-state index is 0.00528. The lowest BCUT2D eigenvalue weighted by Gasteiger charge is -2.28. The average Bonchev–Trinajstić information content (AvgIpc) is 3.49. The van der Waals surface area contributed by atoms with Crippen molar-refractivity contribution in [1.29, 1.82) is 0 Å². The fourth-order valence-electron chi connectivity index (χ4n) is 4.56. The van der Waals surface area contributed by atoms with E-state index in [1.54, 1.807) is 13.3 Å². The molecule has 31 heavy (non-hydrogen) atoms. The Bertz CT molecular complexity index is 1100. The summed E-state index contributed by atoms with van der Waals surface area (Å²) in [5.74, 6) is 1.60. The molecule has 162 valence electrons. The summed E-state index contributed by atoms with van der Waals surface area (Å²) in [5, 5.41) is 4.30. The molecule has 0 radical (unpaired) electrons. The number of aromatic amines is 1. The van der Waals surface area contributed by atoms with Crippen LogP contribution >= 0.6 is 0 Å². The van der Waals surface area contributed by atoms with Crippen LogP contribution in [-0.2, 0) is 26.1 Å². The summed E-state index contributed by atoms with van der Waals surface area (Å²) in [6.07, 6.45) is 6.86. The number of methoxy groups -OCH3 is 1. The number of benzene rings is 1. The van der Waals surface area contributed by atoms with Gasteiger partial charge in [0, 0.05) is 57.1 Å². The standard InChI is InChI=1S/C23H28N6O2/c1-31-21-6-5-17(13-18(21)15-29-11-4-8-24-29)14-27-12-7-20-19(16-27)22(30)26-23(25-20)28-9-2-3-10-28/h4-6,8,11,13H,2-3,7,9-10,12,14-16H2,1H3,(H,25,26,30). The lowest BCUT2D eigenvalue weighted by atomic mass is 10.0. The first-order valence-corrected chi connectivity index (χ1v) is 10.9. The van der Waals surface area contributed by atoms with E-state index in [4.69, 9.17) is 9.72 Å². The SMILES string of the molecule is COc1ccc(CN2CCc3nc(N4CCCC4)[nH]c(=O)c3C2)cc1Cn1cccn1. The predicted molar refractivity (Wildman–Crippen MR) is 118 cm³/mol. The van der Waals surface area contributed by atoms with Gasteiger partial charge >= 0.3 is 0 Å². The van der Waals surface area contributed by atoms with Gasteiger partial charge in [0.1, 0.15) is 5.75 Å². The van der Waals surface area contributed by atoms with E-state index in [1.807, 2.05) is 23.0 Å².